The van der Waals surface area contributed by atoms with Crippen LogP contribution in [0.2, 0.25) is 0 Å². The molecule has 0 atom stereocenters. The molecule has 0 bridgehead atoms. The maximum Gasteiger partial charge on any atom is 0.0404 e. The zero-order valence-corrected chi connectivity index (χ0v) is 23.0. The van der Waals surface area contributed by atoms with Crippen molar-refractivity contribution in [3.05, 3.63) is 23.8 Å². The van der Waals surface area contributed by atoms with Gasteiger partial charge >= 0.3 is 0 Å². The quantitative estimate of drug-likeness (QED) is 0.441. The summed E-state index contributed by atoms with van der Waals surface area (Å²) in [5.41, 5.74) is 5.51. The van der Waals surface area contributed by atoms with Gasteiger partial charge in [0, 0.05) is 50.6 Å². The highest BCUT2D eigenvalue weighted by molar-refractivity contribution is 5.85. The Balaban J connectivity index is 0.00000306. The number of piperazine rings is 1. The highest BCUT2D eigenvalue weighted by atomic mass is 35.5. The molecule has 2 aliphatic heterocycles. The predicted molar refractivity (Wildman–Crippen MR) is 147 cm³/mol. The van der Waals surface area contributed by atoms with Gasteiger partial charge in [-0.25, -0.2) is 0 Å². The number of anilines is 2. The molecule has 1 saturated carbocycles. The molecular formula is C29H50ClN3. The molecule has 4 heteroatoms. The first kappa shape index (κ1) is 26.7. The van der Waals surface area contributed by atoms with Crippen molar-refractivity contribution in [1.82, 2.24) is 4.90 Å². The molecule has 0 radical (unpaired) electrons. The zero-order chi connectivity index (χ0) is 22.8. The number of halogens is 1. The van der Waals surface area contributed by atoms with Gasteiger partial charge in [-0.2, -0.15) is 0 Å². The first-order valence-corrected chi connectivity index (χ1v) is 13.6. The van der Waals surface area contributed by atoms with Crippen molar-refractivity contribution in [2.45, 2.75) is 91.9 Å². The summed E-state index contributed by atoms with van der Waals surface area (Å²) in [7, 11) is 0. The second-order valence-corrected chi connectivity index (χ2v) is 12.6. The van der Waals surface area contributed by atoms with Crippen molar-refractivity contribution in [2.24, 2.45) is 10.8 Å². The normalized spacial score (nSPS) is 24.3. The Morgan fingerprint density at radius 2 is 1.39 bits per heavy atom. The van der Waals surface area contributed by atoms with E-state index in [1.165, 1.54) is 103 Å². The lowest BCUT2D eigenvalue weighted by molar-refractivity contribution is 0.0970. The molecule has 0 N–H and O–H groups in total. The third kappa shape index (κ3) is 6.82. The summed E-state index contributed by atoms with van der Waals surface area (Å²) >= 11 is 0. The molecule has 3 fully saturated rings. The lowest BCUT2D eigenvalue weighted by Crippen LogP contribution is -2.47. The summed E-state index contributed by atoms with van der Waals surface area (Å²) in [4.78, 5) is 8.04. The molecule has 2 heterocycles. The van der Waals surface area contributed by atoms with E-state index in [9.17, 15) is 0 Å². The van der Waals surface area contributed by atoms with Crippen LogP contribution in [0.3, 0.4) is 0 Å². The summed E-state index contributed by atoms with van der Waals surface area (Å²) < 4.78 is 0. The molecular weight excluding hydrogens is 426 g/mol. The summed E-state index contributed by atoms with van der Waals surface area (Å²) in [6, 6.07) is 7.57. The Hall–Kier alpha value is -0.930. The fourth-order valence-electron chi connectivity index (χ4n) is 7.28. The number of benzene rings is 1. The highest BCUT2D eigenvalue weighted by Gasteiger charge is 2.40. The Bertz CT molecular complexity index is 727. The molecule has 2 saturated heterocycles. The Labute approximate surface area is 210 Å². The smallest absolute Gasteiger partial charge is 0.0404 e. The van der Waals surface area contributed by atoms with E-state index in [-0.39, 0.29) is 12.4 Å². The van der Waals surface area contributed by atoms with E-state index in [0.717, 1.165) is 0 Å². The van der Waals surface area contributed by atoms with Gasteiger partial charge in [-0.1, -0.05) is 47.5 Å². The standard InChI is InChI=1S/C29H49N3.ClH/c1-6-13-30-16-18-32(19-17-30)27-12-11-25(31-14-9-7-8-10-15-31)20-26(27)24-21-28(2,3)23-29(4,5)22-24;/h11-12,20,24H,6-10,13-19,21-23H2,1-5H3;1H. The maximum absolute atomic E-state index is 2.71. The average Bonchev–Trinajstić information content (AvgIpc) is 3.02. The van der Waals surface area contributed by atoms with Crippen LogP contribution in [0.15, 0.2) is 18.2 Å². The second-order valence-electron chi connectivity index (χ2n) is 12.6. The van der Waals surface area contributed by atoms with E-state index < -0.39 is 0 Å². The third-order valence-corrected chi connectivity index (χ3v) is 8.23. The molecule has 188 valence electrons. The SMILES string of the molecule is CCCN1CCN(c2ccc(N3CCCCCC3)cc2C2CC(C)(C)CC(C)(C)C2)CC1.Cl. The summed E-state index contributed by atoms with van der Waals surface area (Å²) in [5, 5.41) is 0. The van der Waals surface area contributed by atoms with Crippen molar-refractivity contribution in [1.29, 1.82) is 0 Å². The molecule has 3 aliphatic rings. The Morgan fingerprint density at radius 1 is 0.788 bits per heavy atom. The Morgan fingerprint density at radius 3 is 1.97 bits per heavy atom. The number of hydrogen-bond donors (Lipinski definition) is 0. The van der Waals surface area contributed by atoms with Crippen LogP contribution in [-0.4, -0.2) is 50.7 Å². The van der Waals surface area contributed by atoms with E-state index in [4.69, 9.17) is 0 Å². The van der Waals surface area contributed by atoms with Crippen LogP contribution >= 0.6 is 12.4 Å². The van der Waals surface area contributed by atoms with E-state index in [2.05, 4.69) is 67.5 Å². The number of hydrogen-bond acceptors (Lipinski definition) is 3. The third-order valence-electron chi connectivity index (χ3n) is 8.23. The molecule has 4 rings (SSSR count). The van der Waals surface area contributed by atoms with Gasteiger partial charge in [0.15, 0.2) is 0 Å². The first-order chi connectivity index (χ1) is 15.3. The van der Waals surface area contributed by atoms with Crippen LogP contribution in [0, 0.1) is 10.8 Å². The van der Waals surface area contributed by atoms with Crippen LogP contribution in [0.4, 0.5) is 11.4 Å². The van der Waals surface area contributed by atoms with E-state index in [1.807, 2.05) is 0 Å². The largest absolute Gasteiger partial charge is 0.372 e. The number of rotatable bonds is 5. The predicted octanol–water partition coefficient (Wildman–Crippen LogP) is 7.34. The van der Waals surface area contributed by atoms with Crippen molar-refractivity contribution in [3.8, 4) is 0 Å². The van der Waals surface area contributed by atoms with Gasteiger partial charge in [0.25, 0.3) is 0 Å². The highest BCUT2D eigenvalue weighted by Crippen LogP contribution is 2.53. The molecule has 3 nitrogen and oxygen atoms in total. The topological polar surface area (TPSA) is 9.72 Å². The minimum absolute atomic E-state index is 0. The second kappa shape index (κ2) is 11.2. The van der Waals surface area contributed by atoms with Crippen LogP contribution < -0.4 is 9.80 Å². The van der Waals surface area contributed by atoms with E-state index >= 15 is 0 Å². The van der Waals surface area contributed by atoms with Crippen molar-refractivity contribution in [3.63, 3.8) is 0 Å². The summed E-state index contributed by atoms with van der Waals surface area (Å²) in [5.74, 6) is 0.671. The van der Waals surface area contributed by atoms with Crippen LogP contribution in [0.25, 0.3) is 0 Å². The molecule has 1 aromatic carbocycles. The monoisotopic (exact) mass is 475 g/mol. The van der Waals surface area contributed by atoms with E-state index in [1.54, 1.807) is 11.3 Å². The van der Waals surface area contributed by atoms with Crippen LogP contribution in [0.1, 0.15) is 97.5 Å². The van der Waals surface area contributed by atoms with Crippen molar-refractivity contribution < 1.29 is 0 Å². The Kier molecular flexibility index (Phi) is 9.06. The van der Waals surface area contributed by atoms with Crippen molar-refractivity contribution >= 4 is 23.8 Å². The molecule has 0 amide bonds. The van der Waals surface area contributed by atoms with Gasteiger partial charge in [-0.05, 0) is 85.6 Å². The fourth-order valence-corrected chi connectivity index (χ4v) is 7.28. The molecule has 1 aromatic rings. The molecule has 0 aromatic heterocycles. The van der Waals surface area contributed by atoms with Gasteiger partial charge in [-0.3, -0.25) is 4.90 Å². The maximum atomic E-state index is 2.71. The number of nitrogens with zero attached hydrogens (tertiary/aromatic N) is 3. The van der Waals surface area contributed by atoms with E-state index in [0.29, 0.717) is 16.7 Å². The van der Waals surface area contributed by atoms with Crippen molar-refractivity contribution in [2.75, 3.05) is 55.6 Å². The van der Waals surface area contributed by atoms with Gasteiger partial charge in [0.1, 0.15) is 0 Å². The molecule has 1 aliphatic carbocycles. The fraction of sp³-hybridized carbons (Fsp3) is 0.793. The molecule has 0 unspecified atom stereocenters. The van der Waals surface area contributed by atoms with Crippen LogP contribution in [0.5, 0.6) is 0 Å². The first-order valence-electron chi connectivity index (χ1n) is 13.6. The lowest BCUT2D eigenvalue weighted by atomic mass is 9.60. The summed E-state index contributed by atoms with van der Waals surface area (Å²) in [6.45, 7) is 20.8. The molecule has 33 heavy (non-hydrogen) atoms. The minimum Gasteiger partial charge on any atom is -0.372 e. The van der Waals surface area contributed by atoms with Gasteiger partial charge in [0.05, 0.1) is 0 Å². The average molecular weight is 476 g/mol. The zero-order valence-electron chi connectivity index (χ0n) is 22.2. The van der Waals surface area contributed by atoms with Gasteiger partial charge < -0.3 is 9.80 Å². The minimum atomic E-state index is 0. The van der Waals surface area contributed by atoms with Gasteiger partial charge in [-0.15, -0.1) is 12.4 Å². The lowest BCUT2D eigenvalue weighted by Gasteiger charge is -2.46. The van der Waals surface area contributed by atoms with Crippen LogP contribution in [-0.2, 0) is 0 Å². The molecule has 0 spiro atoms. The van der Waals surface area contributed by atoms with Gasteiger partial charge in [0.2, 0.25) is 0 Å². The summed E-state index contributed by atoms with van der Waals surface area (Å²) in [6.07, 6.45) is 10.7.